The molecule has 0 atom stereocenters. The molecule has 3 aliphatic rings. The highest BCUT2D eigenvalue weighted by Crippen LogP contribution is 2.44. The first-order chi connectivity index (χ1) is 21.6. The first-order valence-electron chi connectivity index (χ1n) is 16.4. The van der Waals surface area contributed by atoms with Gasteiger partial charge in [0.05, 0.1) is 11.2 Å². The Labute approximate surface area is 259 Å². The lowest BCUT2D eigenvalue weighted by Gasteiger charge is -2.49. The van der Waals surface area contributed by atoms with Gasteiger partial charge in [0.1, 0.15) is 11.0 Å². The van der Waals surface area contributed by atoms with Gasteiger partial charge in [-0.1, -0.05) is 60.5 Å². The first kappa shape index (κ1) is 29.0. The number of methoxy groups -OCH3 is 1. The van der Waals surface area contributed by atoms with Gasteiger partial charge in [-0.25, -0.2) is 4.79 Å². The van der Waals surface area contributed by atoms with Crippen LogP contribution in [0.3, 0.4) is 0 Å². The summed E-state index contributed by atoms with van der Waals surface area (Å²) in [6.07, 6.45) is 11.9. The first-order valence-corrected chi connectivity index (χ1v) is 16.4. The number of ether oxygens (including phenoxy) is 1. The monoisotopic (exact) mass is 593 g/mol. The van der Waals surface area contributed by atoms with E-state index in [1.807, 2.05) is 43.5 Å². The molecular weight excluding hydrogens is 550 g/mol. The molecule has 0 amide bonds. The Balaban J connectivity index is 0.913. The molecule has 8 heteroatoms. The van der Waals surface area contributed by atoms with Crippen LogP contribution in [0.25, 0.3) is 22.2 Å². The maximum absolute atomic E-state index is 12.7. The number of carbonyl (C=O) groups excluding carboxylic acids is 1. The number of hydrogen-bond donors (Lipinski definition) is 0. The summed E-state index contributed by atoms with van der Waals surface area (Å²) >= 11 is 0. The van der Waals surface area contributed by atoms with Crippen molar-refractivity contribution in [1.29, 1.82) is 0 Å². The van der Waals surface area contributed by atoms with E-state index in [1.165, 1.54) is 68.3 Å². The SMILES string of the molecule is CO[C@]1(C2CCCCC2)CC[C@@H](N2CCN(c3ccc(-c4ccc(C(=O)On5nnc6ccccc65)cc4)cc3)CC2)CC1. The van der Waals surface area contributed by atoms with E-state index < -0.39 is 5.97 Å². The topological polar surface area (TPSA) is 72.7 Å². The Bertz CT molecular complexity index is 1540. The summed E-state index contributed by atoms with van der Waals surface area (Å²) in [5.41, 5.74) is 5.37. The largest absolute Gasteiger partial charge is 0.378 e. The molecule has 4 aromatic rings. The van der Waals surface area contributed by atoms with E-state index in [0.717, 1.165) is 43.2 Å². The van der Waals surface area contributed by atoms with Crippen LogP contribution in [-0.2, 0) is 4.74 Å². The number of piperazine rings is 1. The van der Waals surface area contributed by atoms with Crippen molar-refractivity contribution in [2.24, 2.45) is 5.92 Å². The summed E-state index contributed by atoms with van der Waals surface area (Å²) in [6, 6.07) is 24.4. The molecule has 2 aliphatic carbocycles. The van der Waals surface area contributed by atoms with Crippen LogP contribution in [-0.4, -0.2) is 71.0 Å². The lowest BCUT2D eigenvalue weighted by atomic mass is 9.68. The van der Waals surface area contributed by atoms with Gasteiger partial charge >= 0.3 is 5.97 Å². The average molecular weight is 594 g/mol. The molecule has 44 heavy (non-hydrogen) atoms. The molecule has 2 saturated carbocycles. The van der Waals surface area contributed by atoms with Crippen LogP contribution in [0.5, 0.6) is 0 Å². The van der Waals surface area contributed by atoms with Gasteiger partial charge in [-0.05, 0) is 97.2 Å². The highest BCUT2D eigenvalue weighted by molar-refractivity contribution is 5.90. The molecule has 0 unspecified atom stereocenters. The lowest BCUT2D eigenvalue weighted by molar-refractivity contribution is -0.105. The van der Waals surface area contributed by atoms with Crippen LogP contribution in [0.1, 0.15) is 68.1 Å². The van der Waals surface area contributed by atoms with Crippen LogP contribution < -0.4 is 9.74 Å². The number of nitrogens with zero attached hydrogens (tertiary/aromatic N) is 5. The van der Waals surface area contributed by atoms with Crippen molar-refractivity contribution in [3.05, 3.63) is 78.4 Å². The zero-order valence-electron chi connectivity index (χ0n) is 25.7. The number of carbonyl (C=O) groups is 1. The molecule has 1 aliphatic heterocycles. The van der Waals surface area contributed by atoms with Crippen LogP contribution in [0, 0.1) is 5.92 Å². The number of benzene rings is 3. The minimum Gasteiger partial charge on any atom is -0.378 e. The molecule has 0 radical (unpaired) electrons. The molecule has 230 valence electrons. The molecular formula is C36H43N5O3. The maximum Gasteiger partial charge on any atom is 0.365 e. The van der Waals surface area contributed by atoms with Crippen molar-refractivity contribution in [3.63, 3.8) is 0 Å². The predicted molar refractivity (Wildman–Crippen MR) is 173 cm³/mol. The van der Waals surface area contributed by atoms with Crippen LogP contribution in [0.15, 0.2) is 72.8 Å². The summed E-state index contributed by atoms with van der Waals surface area (Å²) < 4.78 is 6.27. The summed E-state index contributed by atoms with van der Waals surface area (Å²) in [4.78, 5) is 24.6. The number of anilines is 1. The fourth-order valence-electron chi connectivity index (χ4n) is 7.92. The van der Waals surface area contributed by atoms with E-state index in [-0.39, 0.29) is 5.60 Å². The van der Waals surface area contributed by atoms with Gasteiger partial charge in [0.2, 0.25) is 0 Å². The fourth-order valence-corrected chi connectivity index (χ4v) is 7.92. The Morgan fingerprint density at radius 1 is 0.795 bits per heavy atom. The molecule has 3 aromatic carbocycles. The van der Waals surface area contributed by atoms with Gasteiger partial charge in [-0.3, -0.25) is 4.90 Å². The van der Waals surface area contributed by atoms with Gasteiger partial charge < -0.3 is 14.5 Å². The highest BCUT2D eigenvalue weighted by atomic mass is 16.7. The van der Waals surface area contributed by atoms with E-state index in [4.69, 9.17) is 9.57 Å². The van der Waals surface area contributed by atoms with Gasteiger partial charge in [-0.2, -0.15) is 0 Å². The van der Waals surface area contributed by atoms with Crippen LogP contribution in [0.4, 0.5) is 5.69 Å². The Kier molecular flexibility index (Phi) is 8.37. The fraction of sp³-hybridized carbons (Fsp3) is 0.472. The number of rotatable bonds is 7. The van der Waals surface area contributed by atoms with Crippen molar-refractivity contribution < 1.29 is 14.4 Å². The molecule has 0 spiro atoms. The van der Waals surface area contributed by atoms with Crippen molar-refractivity contribution in [2.75, 3.05) is 38.2 Å². The molecule has 0 N–H and O–H groups in total. The van der Waals surface area contributed by atoms with E-state index >= 15 is 0 Å². The summed E-state index contributed by atoms with van der Waals surface area (Å²) in [5, 5.41) is 7.97. The minimum atomic E-state index is -0.475. The third-order valence-electron chi connectivity index (χ3n) is 10.6. The second kappa shape index (κ2) is 12.7. The smallest absolute Gasteiger partial charge is 0.365 e. The Morgan fingerprint density at radius 3 is 2.14 bits per heavy atom. The zero-order chi connectivity index (χ0) is 29.9. The normalized spacial score (nSPS) is 23.6. The van der Waals surface area contributed by atoms with Crippen molar-refractivity contribution in [3.8, 4) is 11.1 Å². The summed E-state index contributed by atoms with van der Waals surface area (Å²) in [7, 11) is 1.97. The van der Waals surface area contributed by atoms with Crippen molar-refractivity contribution in [2.45, 2.75) is 69.4 Å². The molecule has 0 bridgehead atoms. The lowest BCUT2D eigenvalue weighted by Crippen LogP contribution is -2.54. The molecule has 1 saturated heterocycles. The quantitative estimate of drug-likeness (QED) is 0.230. The average Bonchev–Trinajstić information content (AvgIpc) is 3.51. The Morgan fingerprint density at radius 2 is 1.45 bits per heavy atom. The Hall–Kier alpha value is -3.75. The summed E-state index contributed by atoms with van der Waals surface area (Å²) in [5.74, 6) is 0.292. The standard InChI is InChI=1S/C36H43N5O3/c1-43-36(30-7-3-2-4-8-30)21-19-32(20-22-36)40-25-23-39(24-26-40)31-17-15-28(16-18-31)27-11-13-29(14-12-27)35(42)44-41-34-10-6-5-9-33(34)37-38-41/h5-6,9-18,30,32H,2-4,7-8,19-26H2,1H3/t32-,36-. The number of fused-ring (bicyclic) bond motifs is 1. The molecule has 3 fully saturated rings. The third-order valence-corrected chi connectivity index (χ3v) is 10.6. The van der Waals surface area contributed by atoms with Gasteiger partial charge in [-0.15, -0.1) is 5.10 Å². The summed E-state index contributed by atoms with van der Waals surface area (Å²) in [6.45, 7) is 4.37. The highest BCUT2D eigenvalue weighted by Gasteiger charge is 2.43. The number of aromatic nitrogens is 3. The van der Waals surface area contributed by atoms with Gasteiger partial charge in [0, 0.05) is 45.0 Å². The molecule has 7 rings (SSSR count). The molecule has 1 aromatic heterocycles. The van der Waals surface area contributed by atoms with Gasteiger partial charge in [0.15, 0.2) is 0 Å². The maximum atomic E-state index is 12.7. The molecule has 2 heterocycles. The number of para-hydroxylation sites is 1. The van der Waals surface area contributed by atoms with E-state index in [0.29, 0.717) is 22.6 Å². The van der Waals surface area contributed by atoms with Crippen molar-refractivity contribution in [1.82, 2.24) is 20.1 Å². The molecule has 8 nitrogen and oxygen atoms in total. The minimum absolute atomic E-state index is 0.136. The van der Waals surface area contributed by atoms with Crippen LogP contribution in [0.2, 0.25) is 0 Å². The third kappa shape index (κ3) is 5.85. The second-order valence-corrected chi connectivity index (χ2v) is 12.8. The van der Waals surface area contributed by atoms with E-state index in [1.54, 1.807) is 12.1 Å². The van der Waals surface area contributed by atoms with E-state index in [9.17, 15) is 4.79 Å². The van der Waals surface area contributed by atoms with Crippen molar-refractivity contribution >= 4 is 22.7 Å². The van der Waals surface area contributed by atoms with Crippen LogP contribution >= 0.6 is 0 Å². The zero-order valence-corrected chi connectivity index (χ0v) is 25.7. The second-order valence-electron chi connectivity index (χ2n) is 12.8. The number of hydrogen-bond acceptors (Lipinski definition) is 7. The predicted octanol–water partition coefficient (Wildman–Crippen LogP) is 6.40. The van der Waals surface area contributed by atoms with E-state index in [2.05, 4.69) is 44.4 Å². The van der Waals surface area contributed by atoms with Gasteiger partial charge in [0.25, 0.3) is 0 Å².